The predicted molar refractivity (Wildman–Crippen MR) is 124 cm³/mol. The van der Waals surface area contributed by atoms with Gasteiger partial charge in [-0.15, -0.1) is 0 Å². The van der Waals surface area contributed by atoms with Gasteiger partial charge >= 0.3 is 0 Å². The zero-order valence-electron chi connectivity index (χ0n) is 18.2. The second kappa shape index (κ2) is 8.20. The molecule has 2 fully saturated rings. The Morgan fingerprint density at radius 1 is 1.07 bits per heavy atom. The Labute approximate surface area is 176 Å². The van der Waals surface area contributed by atoms with Gasteiger partial charge in [0.1, 0.15) is 0 Å². The highest BCUT2D eigenvalue weighted by Gasteiger charge is 2.42. The van der Waals surface area contributed by atoms with Crippen LogP contribution in [0, 0.1) is 23.7 Å². The molecule has 0 spiro atoms. The lowest BCUT2D eigenvalue weighted by Gasteiger charge is -2.44. The standard InChI is InChI=1S/C27H36N2/c1-18-15-21(17-28-16-18)27-26-22(19(2)20-9-5-3-6-10-20)11-7-4-8-12-24(26)23-13-14-25(23)29-27/h4,8,12,15,17-20,23,25H,3,5-7,9-11,13-14,16H2,1-2H3. The van der Waals surface area contributed by atoms with Crippen molar-refractivity contribution in [1.29, 1.82) is 0 Å². The minimum atomic E-state index is 0.491. The molecule has 0 aromatic heterocycles. The second-order valence-electron chi connectivity index (χ2n) is 10.00. The summed E-state index contributed by atoms with van der Waals surface area (Å²) < 4.78 is 0. The van der Waals surface area contributed by atoms with Gasteiger partial charge in [-0.05, 0) is 61.9 Å². The third-order valence-electron chi connectivity index (χ3n) is 8.04. The average molecular weight is 389 g/mol. The summed E-state index contributed by atoms with van der Waals surface area (Å²) in [5.74, 6) is 2.67. The topological polar surface area (TPSA) is 24.7 Å². The molecule has 0 N–H and O–H groups in total. The van der Waals surface area contributed by atoms with E-state index in [1.807, 2.05) is 0 Å². The second-order valence-corrected chi connectivity index (χ2v) is 10.00. The van der Waals surface area contributed by atoms with Crippen LogP contribution in [0.25, 0.3) is 0 Å². The van der Waals surface area contributed by atoms with Gasteiger partial charge in [-0.2, -0.15) is 0 Å². The number of dihydropyridines is 1. The van der Waals surface area contributed by atoms with Crippen LogP contribution >= 0.6 is 0 Å². The molecule has 0 aromatic carbocycles. The molecule has 2 heterocycles. The third-order valence-corrected chi connectivity index (χ3v) is 8.04. The molecule has 4 unspecified atom stereocenters. The SMILES string of the molecule is CC1C=C(C2=NC3CCC3C3=CC=CCCC(C(C)C4CCCCC4)=C32)C=NC1. The summed E-state index contributed by atoms with van der Waals surface area (Å²) in [6.07, 6.45) is 23.7. The van der Waals surface area contributed by atoms with Crippen molar-refractivity contribution < 1.29 is 0 Å². The van der Waals surface area contributed by atoms with Crippen LogP contribution in [0.1, 0.15) is 71.6 Å². The van der Waals surface area contributed by atoms with Gasteiger partial charge in [0, 0.05) is 29.8 Å². The first-order chi connectivity index (χ1) is 14.2. The van der Waals surface area contributed by atoms with Crippen LogP contribution in [0.15, 0.2) is 56.6 Å². The summed E-state index contributed by atoms with van der Waals surface area (Å²) in [6.45, 7) is 5.72. The zero-order valence-corrected chi connectivity index (χ0v) is 18.2. The lowest BCUT2D eigenvalue weighted by molar-refractivity contribution is 0.282. The normalized spacial score (nSPS) is 33.4. The fourth-order valence-electron chi connectivity index (χ4n) is 6.18. The van der Waals surface area contributed by atoms with Gasteiger partial charge in [0.25, 0.3) is 0 Å². The first-order valence-corrected chi connectivity index (χ1v) is 12.1. The number of nitrogens with zero attached hydrogens (tertiary/aromatic N) is 2. The summed E-state index contributed by atoms with van der Waals surface area (Å²) in [6, 6.07) is 0.491. The summed E-state index contributed by atoms with van der Waals surface area (Å²) in [7, 11) is 0. The highest BCUT2D eigenvalue weighted by molar-refractivity contribution is 6.26. The van der Waals surface area contributed by atoms with Crippen LogP contribution in [0.5, 0.6) is 0 Å². The Hall–Kier alpha value is -1.70. The number of allylic oxidation sites excluding steroid dienone is 6. The van der Waals surface area contributed by atoms with E-state index in [1.165, 1.54) is 68.2 Å². The van der Waals surface area contributed by atoms with E-state index < -0.39 is 0 Å². The minimum absolute atomic E-state index is 0.491. The highest BCUT2D eigenvalue weighted by atomic mass is 14.9. The number of fused-ring (bicyclic) bond motifs is 3. The molecule has 29 heavy (non-hydrogen) atoms. The fourth-order valence-corrected chi connectivity index (χ4v) is 6.18. The van der Waals surface area contributed by atoms with Crippen LogP contribution in [-0.4, -0.2) is 24.5 Å². The van der Waals surface area contributed by atoms with Crippen LogP contribution in [0.2, 0.25) is 0 Å². The Morgan fingerprint density at radius 3 is 2.69 bits per heavy atom. The molecule has 154 valence electrons. The van der Waals surface area contributed by atoms with E-state index in [2.05, 4.69) is 49.4 Å². The van der Waals surface area contributed by atoms with Crippen molar-refractivity contribution >= 4 is 11.9 Å². The third kappa shape index (κ3) is 3.64. The number of aliphatic imine (C=N–C) groups is 2. The first kappa shape index (κ1) is 19.3. The Balaban J connectivity index is 1.64. The molecule has 2 aliphatic heterocycles. The summed E-state index contributed by atoms with van der Waals surface area (Å²) in [5.41, 5.74) is 7.38. The molecule has 2 saturated carbocycles. The lowest BCUT2D eigenvalue weighted by Crippen LogP contribution is -2.40. The van der Waals surface area contributed by atoms with Crippen molar-refractivity contribution in [1.82, 2.24) is 0 Å². The maximum absolute atomic E-state index is 5.38. The largest absolute Gasteiger partial charge is 0.292 e. The van der Waals surface area contributed by atoms with Crippen LogP contribution in [0.4, 0.5) is 0 Å². The molecule has 0 bridgehead atoms. The van der Waals surface area contributed by atoms with Gasteiger partial charge in [0.2, 0.25) is 0 Å². The smallest absolute Gasteiger partial charge is 0.0737 e. The van der Waals surface area contributed by atoms with Gasteiger partial charge < -0.3 is 0 Å². The van der Waals surface area contributed by atoms with Crippen molar-refractivity contribution in [2.75, 3.05) is 6.54 Å². The molecule has 2 nitrogen and oxygen atoms in total. The molecule has 0 radical (unpaired) electrons. The number of hydrogen-bond acceptors (Lipinski definition) is 2. The van der Waals surface area contributed by atoms with Crippen LogP contribution in [0.3, 0.4) is 0 Å². The van der Waals surface area contributed by atoms with Crippen LogP contribution < -0.4 is 0 Å². The quantitative estimate of drug-likeness (QED) is 0.517. The van der Waals surface area contributed by atoms with Crippen LogP contribution in [-0.2, 0) is 0 Å². The van der Waals surface area contributed by atoms with E-state index >= 15 is 0 Å². The van der Waals surface area contributed by atoms with Gasteiger partial charge in [-0.1, -0.05) is 63.0 Å². The number of hydrogen-bond donors (Lipinski definition) is 0. The van der Waals surface area contributed by atoms with E-state index in [-0.39, 0.29) is 0 Å². The summed E-state index contributed by atoms with van der Waals surface area (Å²) in [4.78, 5) is 10.1. The van der Waals surface area contributed by atoms with Crippen molar-refractivity contribution in [3.63, 3.8) is 0 Å². The lowest BCUT2D eigenvalue weighted by atomic mass is 9.65. The average Bonchev–Trinajstić information content (AvgIpc) is 2.70. The maximum Gasteiger partial charge on any atom is 0.0737 e. The molecule has 3 aliphatic carbocycles. The van der Waals surface area contributed by atoms with Gasteiger partial charge in [-0.3, -0.25) is 9.98 Å². The molecule has 2 heteroatoms. The van der Waals surface area contributed by atoms with E-state index in [0.717, 1.165) is 18.9 Å². The highest BCUT2D eigenvalue weighted by Crippen LogP contribution is 2.48. The molecule has 4 atom stereocenters. The van der Waals surface area contributed by atoms with Crippen molar-refractivity contribution in [2.45, 2.75) is 77.7 Å². The van der Waals surface area contributed by atoms with Gasteiger partial charge in [0.15, 0.2) is 0 Å². The molecule has 0 aromatic rings. The van der Waals surface area contributed by atoms with E-state index in [9.17, 15) is 0 Å². The van der Waals surface area contributed by atoms with Gasteiger partial charge in [-0.25, -0.2) is 0 Å². The Morgan fingerprint density at radius 2 is 1.93 bits per heavy atom. The van der Waals surface area contributed by atoms with Crippen molar-refractivity contribution in [3.05, 3.63) is 46.6 Å². The maximum atomic E-state index is 5.38. The Bertz CT molecular complexity index is 829. The van der Waals surface area contributed by atoms with E-state index in [0.29, 0.717) is 23.8 Å². The monoisotopic (exact) mass is 388 g/mol. The molecule has 0 saturated heterocycles. The van der Waals surface area contributed by atoms with E-state index in [1.54, 1.807) is 11.1 Å². The minimum Gasteiger partial charge on any atom is -0.292 e. The fraction of sp³-hybridized carbons (Fsp3) is 0.630. The molecule has 5 aliphatic rings. The van der Waals surface area contributed by atoms with Gasteiger partial charge in [0.05, 0.1) is 11.8 Å². The summed E-state index contributed by atoms with van der Waals surface area (Å²) in [5, 5.41) is 0. The molecule has 0 amide bonds. The molecular weight excluding hydrogens is 352 g/mol. The zero-order chi connectivity index (χ0) is 19.8. The number of rotatable bonds is 3. The summed E-state index contributed by atoms with van der Waals surface area (Å²) >= 11 is 0. The molecular formula is C27H36N2. The van der Waals surface area contributed by atoms with Crippen molar-refractivity contribution in [3.8, 4) is 0 Å². The van der Waals surface area contributed by atoms with E-state index in [4.69, 9.17) is 4.99 Å². The van der Waals surface area contributed by atoms with Crippen molar-refractivity contribution in [2.24, 2.45) is 33.7 Å². The molecule has 5 rings (SSSR count). The Kier molecular flexibility index (Phi) is 5.45. The predicted octanol–water partition coefficient (Wildman–Crippen LogP) is 6.66. The first-order valence-electron chi connectivity index (χ1n) is 12.1.